The second kappa shape index (κ2) is 4.88. The Morgan fingerprint density at radius 3 is 2.45 bits per heavy atom. The van der Waals surface area contributed by atoms with Gasteiger partial charge in [0.25, 0.3) is 5.91 Å². The number of aliphatic carboxylic acids is 1. The number of amides is 1. The lowest BCUT2D eigenvalue weighted by atomic mass is 9.96. The first kappa shape index (κ1) is 14.5. The second-order valence-corrected chi connectivity index (χ2v) is 6.39. The molecule has 0 saturated carbocycles. The van der Waals surface area contributed by atoms with Crippen molar-refractivity contribution in [3.63, 3.8) is 0 Å². The van der Waals surface area contributed by atoms with Gasteiger partial charge in [0, 0.05) is 18.5 Å². The van der Waals surface area contributed by atoms with Crippen molar-refractivity contribution in [3.8, 4) is 0 Å². The Hall–Kier alpha value is -1.92. The number of carbonyl (C=O) groups excluding carboxylic acids is 1. The molecule has 7 nitrogen and oxygen atoms in total. The van der Waals surface area contributed by atoms with E-state index in [1.54, 1.807) is 0 Å². The highest BCUT2D eigenvalue weighted by Gasteiger charge is 2.38. The van der Waals surface area contributed by atoms with E-state index in [0.29, 0.717) is 12.4 Å². The number of carbonyl (C=O) groups is 2. The Morgan fingerprint density at radius 2 is 2.00 bits per heavy atom. The van der Waals surface area contributed by atoms with Crippen molar-refractivity contribution in [2.75, 3.05) is 13.1 Å². The summed E-state index contributed by atoms with van der Waals surface area (Å²) in [5, 5.41) is 15.8. The van der Waals surface area contributed by atoms with Crippen molar-refractivity contribution in [2.45, 2.75) is 33.1 Å². The third-order valence-corrected chi connectivity index (χ3v) is 3.60. The van der Waals surface area contributed by atoms with Crippen molar-refractivity contribution in [1.29, 1.82) is 0 Å². The highest BCUT2D eigenvalue weighted by atomic mass is 16.4. The zero-order chi connectivity index (χ0) is 15.1. The molecule has 0 aliphatic carbocycles. The maximum Gasteiger partial charge on any atom is 0.308 e. The molecule has 0 bridgehead atoms. The molecule has 1 fully saturated rings. The number of aromatic nitrogens is 3. The lowest BCUT2D eigenvalue weighted by Crippen LogP contribution is -2.30. The SMILES string of the molecule is CC1CN(C(=O)c2n[nH]c(C(C)(C)C)n2)CC1C(=O)O. The molecule has 1 aromatic rings. The summed E-state index contributed by atoms with van der Waals surface area (Å²) in [6, 6.07) is 0. The number of nitrogens with zero attached hydrogens (tertiary/aromatic N) is 3. The Morgan fingerprint density at radius 1 is 1.35 bits per heavy atom. The predicted octanol–water partition coefficient (Wildman–Crippen LogP) is 0.895. The third-order valence-electron chi connectivity index (χ3n) is 3.60. The summed E-state index contributed by atoms with van der Waals surface area (Å²) in [7, 11) is 0. The van der Waals surface area contributed by atoms with Crippen LogP contribution in [0.15, 0.2) is 0 Å². The molecular formula is C13H20N4O3. The van der Waals surface area contributed by atoms with Gasteiger partial charge in [-0.1, -0.05) is 27.7 Å². The molecule has 2 unspecified atom stereocenters. The maximum absolute atomic E-state index is 12.3. The number of likely N-dealkylation sites (tertiary alicyclic amines) is 1. The first-order chi connectivity index (χ1) is 9.20. The molecule has 1 aliphatic heterocycles. The van der Waals surface area contributed by atoms with Gasteiger partial charge in [-0.05, 0) is 5.92 Å². The van der Waals surface area contributed by atoms with Crippen LogP contribution in [0.2, 0.25) is 0 Å². The minimum atomic E-state index is -0.863. The second-order valence-electron chi connectivity index (χ2n) is 6.39. The molecule has 1 aromatic heterocycles. The molecule has 1 amide bonds. The molecule has 2 heterocycles. The van der Waals surface area contributed by atoms with Crippen LogP contribution in [0.4, 0.5) is 0 Å². The van der Waals surface area contributed by atoms with Crippen LogP contribution in [-0.2, 0) is 10.2 Å². The standard InChI is InChI=1S/C13H20N4O3/c1-7-5-17(6-8(7)11(19)20)10(18)9-14-12(16-15-9)13(2,3)4/h7-8H,5-6H2,1-4H3,(H,19,20)(H,14,15,16). The molecule has 20 heavy (non-hydrogen) atoms. The van der Waals surface area contributed by atoms with Gasteiger partial charge in [-0.2, -0.15) is 0 Å². The van der Waals surface area contributed by atoms with Gasteiger partial charge in [0.15, 0.2) is 0 Å². The van der Waals surface area contributed by atoms with Crippen molar-refractivity contribution in [3.05, 3.63) is 11.6 Å². The molecular weight excluding hydrogens is 260 g/mol. The number of nitrogens with one attached hydrogen (secondary N) is 1. The maximum atomic E-state index is 12.3. The number of carboxylic acid groups (broad SMARTS) is 1. The zero-order valence-corrected chi connectivity index (χ0v) is 12.2. The largest absolute Gasteiger partial charge is 0.481 e. The Bertz CT molecular complexity index is 532. The fraction of sp³-hybridized carbons (Fsp3) is 0.692. The number of rotatable bonds is 2. The Labute approximate surface area is 117 Å². The van der Waals surface area contributed by atoms with E-state index in [-0.39, 0.29) is 29.6 Å². The molecule has 0 radical (unpaired) electrons. The number of aromatic amines is 1. The number of hydrogen-bond donors (Lipinski definition) is 2. The summed E-state index contributed by atoms with van der Waals surface area (Å²) in [5.74, 6) is -1.00. The average Bonchev–Trinajstić information content (AvgIpc) is 2.93. The predicted molar refractivity (Wildman–Crippen MR) is 71.3 cm³/mol. The van der Waals surface area contributed by atoms with Crippen LogP contribution in [0.25, 0.3) is 0 Å². The highest BCUT2D eigenvalue weighted by molar-refractivity contribution is 5.91. The lowest BCUT2D eigenvalue weighted by molar-refractivity contribution is -0.142. The molecule has 7 heteroatoms. The normalized spacial score (nSPS) is 23.1. The highest BCUT2D eigenvalue weighted by Crippen LogP contribution is 2.24. The van der Waals surface area contributed by atoms with E-state index in [9.17, 15) is 9.59 Å². The van der Waals surface area contributed by atoms with E-state index in [1.165, 1.54) is 4.90 Å². The van der Waals surface area contributed by atoms with Crippen LogP contribution in [-0.4, -0.2) is 50.2 Å². The van der Waals surface area contributed by atoms with Crippen LogP contribution in [0.1, 0.15) is 44.1 Å². The summed E-state index contributed by atoms with van der Waals surface area (Å²) in [6.07, 6.45) is 0. The van der Waals surface area contributed by atoms with E-state index >= 15 is 0 Å². The summed E-state index contributed by atoms with van der Waals surface area (Å²) in [4.78, 5) is 29.1. The smallest absolute Gasteiger partial charge is 0.308 e. The minimum absolute atomic E-state index is 0.0579. The van der Waals surface area contributed by atoms with Gasteiger partial charge in [-0.15, -0.1) is 5.10 Å². The molecule has 2 atom stereocenters. The van der Waals surface area contributed by atoms with Gasteiger partial charge in [0.1, 0.15) is 5.82 Å². The monoisotopic (exact) mass is 280 g/mol. The van der Waals surface area contributed by atoms with Gasteiger partial charge in [0.2, 0.25) is 5.82 Å². The van der Waals surface area contributed by atoms with E-state index in [0.717, 1.165) is 0 Å². The molecule has 1 saturated heterocycles. The van der Waals surface area contributed by atoms with Crippen LogP contribution < -0.4 is 0 Å². The first-order valence-electron chi connectivity index (χ1n) is 6.65. The molecule has 1 aliphatic rings. The van der Waals surface area contributed by atoms with Crippen molar-refractivity contribution in [1.82, 2.24) is 20.1 Å². The molecule has 0 aromatic carbocycles. The van der Waals surface area contributed by atoms with Crippen molar-refractivity contribution < 1.29 is 14.7 Å². The van der Waals surface area contributed by atoms with Crippen LogP contribution in [0.5, 0.6) is 0 Å². The van der Waals surface area contributed by atoms with Gasteiger partial charge < -0.3 is 10.0 Å². The first-order valence-corrected chi connectivity index (χ1v) is 6.65. The van der Waals surface area contributed by atoms with E-state index < -0.39 is 11.9 Å². The summed E-state index contributed by atoms with van der Waals surface area (Å²) in [6.45, 7) is 8.40. The third kappa shape index (κ3) is 2.66. The zero-order valence-electron chi connectivity index (χ0n) is 12.2. The number of carboxylic acids is 1. The average molecular weight is 280 g/mol. The van der Waals surface area contributed by atoms with Crippen LogP contribution in [0, 0.1) is 11.8 Å². The fourth-order valence-corrected chi connectivity index (χ4v) is 2.29. The Balaban J connectivity index is 2.13. The molecule has 0 spiro atoms. The van der Waals surface area contributed by atoms with Gasteiger partial charge in [-0.25, -0.2) is 4.98 Å². The molecule has 2 N–H and O–H groups in total. The summed E-state index contributed by atoms with van der Waals surface area (Å²) >= 11 is 0. The molecule has 110 valence electrons. The molecule has 2 rings (SSSR count). The van der Waals surface area contributed by atoms with Crippen molar-refractivity contribution in [2.24, 2.45) is 11.8 Å². The Kier molecular flexibility index (Phi) is 3.54. The van der Waals surface area contributed by atoms with E-state index in [2.05, 4.69) is 15.2 Å². The number of hydrogen-bond acceptors (Lipinski definition) is 4. The lowest BCUT2D eigenvalue weighted by Gasteiger charge is -2.14. The van der Waals surface area contributed by atoms with Crippen LogP contribution >= 0.6 is 0 Å². The number of H-pyrrole nitrogens is 1. The minimum Gasteiger partial charge on any atom is -0.481 e. The fourth-order valence-electron chi connectivity index (χ4n) is 2.29. The topological polar surface area (TPSA) is 99.2 Å². The summed E-state index contributed by atoms with van der Waals surface area (Å²) < 4.78 is 0. The van der Waals surface area contributed by atoms with Gasteiger partial charge in [0.05, 0.1) is 5.92 Å². The van der Waals surface area contributed by atoms with Crippen LogP contribution in [0.3, 0.4) is 0 Å². The van der Waals surface area contributed by atoms with E-state index in [4.69, 9.17) is 5.11 Å². The quantitative estimate of drug-likeness (QED) is 0.838. The van der Waals surface area contributed by atoms with Crippen molar-refractivity contribution >= 4 is 11.9 Å². The summed E-state index contributed by atoms with van der Waals surface area (Å²) in [5.41, 5.74) is -0.215. The van der Waals surface area contributed by atoms with Gasteiger partial charge in [-0.3, -0.25) is 14.7 Å². The van der Waals surface area contributed by atoms with Gasteiger partial charge >= 0.3 is 5.97 Å². The van der Waals surface area contributed by atoms with E-state index in [1.807, 2.05) is 27.7 Å².